The molecule has 1 aliphatic carbocycles. The van der Waals surface area contributed by atoms with Crippen LogP contribution >= 0.6 is 11.6 Å². The maximum Gasteiger partial charge on any atom is 0.323 e. The number of carboxylic acids is 1. The number of ether oxygens (including phenoxy) is 1. The van der Waals surface area contributed by atoms with Crippen molar-refractivity contribution in [2.45, 2.75) is 43.7 Å². The molecule has 4 nitrogen and oxygen atoms in total. The van der Waals surface area contributed by atoms with Crippen LogP contribution in [0.3, 0.4) is 0 Å². The number of nitrogens with zero attached hydrogens (tertiary/aromatic N) is 1. The van der Waals surface area contributed by atoms with Gasteiger partial charge in [0.05, 0.1) is 5.60 Å². The first-order valence-corrected chi connectivity index (χ1v) is 7.84. The maximum atomic E-state index is 11.2. The van der Waals surface area contributed by atoms with E-state index in [0.717, 1.165) is 31.4 Å². The monoisotopic (exact) mass is 309 g/mol. The highest BCUT2D eigenvalue weighted by Gasteiger charge is 2.44. The number of hydrogen-bond donors (Lipinski definition) is 1. The van der Waals surface area contributed by atoms with Gasteiger partial charge in [0, 0.05) is 23.4 Å². The van der Waals surface area contributed by atoms with Crippen LogP contribution in [-0.2, 0) is 9.53 Å². The van der Waals surface area contributed by atoms with Crippen LogP contribution in [0, 0.1) is 0 Å². The van der Waals surface area contributed by atoms with Crippen LogP contribution in [0.25, 0.3) is 0 Å². The molecule has 1 unspecified atom stereocenters. The van der Waals surface area contributed by atoms with E-state index in [-0.39, 0.29) is 18.2 Å². The lowest BCUT2D eigenvalue weighted by Gasteiger charge is -2.49. The zero-order valence-corrected chi connectivity index (χ0v) is 12.7. The number of aliphatic carboxylic acids is 1. The average molecular weight is 310 g/mol. The third kappa shape index (κ3) is 3.16. The predicted molar refractivity (Wildman–Crippen MR) is 82.0 cm³/mol. The van der Waals surface area contributed by atoms with Crippen molar-refractivity contribution >= 4 is 23.3 Å². The predicted octanol–water partition coefficient (Wildman–Crippen LogP) is 3.33. The highest BCUT2D eigenvalue weighted by molar-refractivity contribution is 6.30. The second kappa shape index (κ2) is 5.85. The summed E-state index contributed by atoms with van der Waals surface area (Å²) in [5.41, 5.74) is 0.926. The SMILES string of the molecule is O=C(O)CN(c1ccc(Cl)cc1)C1CCOC2(CCC2)C1. The molecule has 0 aromatic heterocycles. The van der Waals surface area contributed by atoms with Crippen LogP contribution < -0.4 is 4.90 Å². The summed E-state index contributed by atoms with van der Waals surface area (Å²) in [4.78, 5) is 13.2. The summed E-state index contributed by atoms with van der Waals surface area (Å²) in [5, 5.41) is 9.90. The zero-order chi connectivity index (χ0) is 14.9. The molecule has 0 bridgehead atoms. The molecule has 5 heteroatoms. The summed E-state index contributed by atoms with van der Waals surface area (Å²) in [5.74, 6) is -0.806. The van der Waals surface area contributed by atoms with E-state index in [2.05, 4.69) is 0 Å². The molecule has 1 spiro atoms. The van der Waals surface area contributed by atoms with Gasteiger partial charge in [-0.25, -0.2) is 0 Å². The third-order valence-electron chi connectivity index (χ3n) is 4.64. The van der Waals surface area contributed by atoms with Crippen LogP contribution in [0.1, 0.15) is 32.1 Å². The van der Waals surface area contributed by atoms with Gasteiger partial charge in [0.15, 0.2) is 0 Å². The van der Waals surface area contributed by atoms with Gasteiger partial charge in [-0.05, 0) is 56.4 Å². The largest absolute Gasteiger partial charge is 0.480 e. The molecule has 1 atom stereocenters. The van der Waals surface area contributed by atoms with Crippen molar-refractivity contribution < 1.29 is 14.6 Å². The van der Waals surface area contributed by atoms with Crippen LogP contribution in [0.5, 0.6) is 0 Å². The fourth-order valence-electron chi connectivity index (χ4n) is 3.40. The Morgan fingerprint density at radius 1 is 1.38 bits per heavy atom. The van der Waals surface area contributed by atoms with Crippen molar-refractivity contribution in [1.29, 1.82) is 0 Å². The van der Waals surface area contributed by atoms with Gasteiger partial charge in [0.2, 0.25) is 0 Å². The van der Waals surface area contributed by atoms with Crippen molar-refractivity contribution in [3.63, 3.8) is 0 Å². The van der Waals surface area contributed by atoms with Gasteiger partial charge >= 0.3 is 5.97 Å². The Kier molecular flexibility index (Phi) is 4.09. The summed E-state index contributed by atoms with van der Waals surface area (Å²) in [6, 6.07) is 7.63. The Bertz CT molecular complexity index is 513. The van der Waals surface area contributed by atoms with Gasteiger partial charge in [-0.2, -0.15) is 0 Å². The van der Waals surface area contributed by atoms with Crippen molar-refractivity contribution in [1.82, 2.24) is 0 Å². The van der Waals surface area contributed by atoms with Crippen molar-refractivity contribution in [2.75, 3.05) is 18.1 Å². The van der Waals surface area contributed by atoms with Gasteiger partial charge in [-0.1, -0.05) is 11.6 Å². The minimum absolute atomic E-state index is 0.00605. The molecule has 2 fully saturated rings. The quantitative estimate of drug-likeness (QED) is 0.927. The number of anilines is 1. The number of hydrogen-bond acceptors (Lipinski definition) is 3. The Morgan fingerprint density at radius 3 is 2.67 bits per heavy atom. The summed E-state index contributed by atoms with van der Waals surface area (Å²) in [7, 11) is 0. The first kappa shape index (κ1) is 14.7. The summed E-state index contributed by atoms with van der Waals surface area (Å²) < 4.78 is 5.95. The van der Waals surface area contributed by atoms with E-state index < -0.39 is 5.97 Å². The van der Waals surface area contributed by atoms with Crippen molar-refractivity contribution in [2.24, 2.45) is 0 Å². The lowest BCUT2D eigenvalue weighted by Crippen LogP contribution is -2.53. The number of rotatable bonds is 4. The Morgan fingerprint density at radius 2 is 2.10 bits per heavy atom. The smallest absolute Gasteiger partial charge is 0.323 e. The highest BCUT2D eigenvalue weighted by Crippen LogP contribution is 2.44. The summed E-state index contributed by atoms with van der Waals surface area (Å²) >= 11 is 5.93. The van der Waals surface area contributed by atoms with E-state index in [1.807, 2.05) is 29.2 Å². The molecule has 114 valence electrons. The third-order valence-corrected chi connectivity index (χ3v) is 4.89. The Hall–Kier alpha value is -1.26. The normalized spacial score (nSPS) is 23.6. The van der Waals surface area contributed by atoms with Crippen LogP contribution in [0.15, 0.2) is 24.3 Å². The minimum Gasteiger partial charge on any atom is -0.480 e. The second-order valence-electron chi connectivity index (χ2n) is 6.03. The molecule has 21 heavy (non-hydrogen) atoms. The average Bonchev–Trinajstić information content (AvgIpc) is 2.44. The molecule has 1 aromatic carbocycles. The van der Waals surface area contributed by atoms with E-state index >= 15 is 0 Å². The van der Waals surface area contributed by atoms with Gasteiger partial charge < -0.3 is 14.7 Å². The fourth-order valence-corrected chi connectivity index (χ4v) is 3.52. The minimum atomic E-state index is -0.806. The van der Waals surface area contributed by atoms with E-state index in [1.165, 1.54) is 6.42 Å². The number of halogens is 1. The van der Waals surface area contributed by atoms with Gasteiger partial charge in [-0.15, -0.1) is 0 Å². The second-order valence-corrected chi connectivity index (χ2v) is 6.47. The van der Waals surface area contributed by atoms with Crippen molar-refractivity contribution in [3.05, 3.63) is 29.3 Å². The molecule has 1 saturated carbocycles. The first-order valence-electron chi connectivity index (χ1n) is 7.46. The topological polar surface area (TPSA) is 49.8 Å². The summed E-state index contributed by atoms with van der Waals surface area (Å²) in [6.07, 6.45) is 5.21. The first-order chi connectivity index (χ1) is 10.1. The molecule has 3 rings (SSSR count). The lowest BCUT2D eigenvalue weighted by atomic mass is 9.73. The van der Waals surface area contributed by atoms with E-state index in [4.69, 9.17) is 16.3 Å². The molecule has 1 aromatic rings. The molecule has 1 heterocycles. The maximum absolute atomic E-state index is 11.2. The van der Waals surface area contributed by atoms with Crippen LogP contribution in [-0.4, -0.2) is 35.9 Å². The molecule has 1 aliphatic heterocycles. The molecule has 1 saturated heterocycles. The van der Waals surface area contributed by atoms with Crippen LogP contribution in [0.2, 0.25) is 5.02 Å². The van der Waals surface area contributed by atoms with E-state index in [1.54, 1.807) is 0 Å². The molecule has 0 amide bonds. The number of benzene rings is 1. The van der Waals surface area contributed by atoms with Gasteiger partial charge in [0.25, 0.3) is 0 Å². The highest BCUT2D eigenvalue weighted by atomic mass is 35.5. The van der Waals surface area contributed by atoms with E-state index in [0.29, 0.717) is 11.6 Å². The lowest BCUT2D eigenvalue weighted by molar-refractivity contribution is -0.139. The number of carbonyl (C=O) groups is 1. The molecular formula is C16H20ClNO3. The molecule has 1 N–H and O–H groups in total. The molecular weight excluding hydrogens is 290 g/mol. The van der Waals surface area contributed by atoms with Crippen LogP contribution in [0.4, 0.5) is 5.69 Å². The molecule has 0 radical (unpaired) electrons. The Labute approximate surface area is 129 Å². The molecule has 2 aliphatic rings. The zero-order valence-electron chi connectivity index (χ0n) is 11.9. The van der Waals surface area contributed by atoms with E-state index in [9.17, 15) is 9.90 Å². The van der Waals surface area contributed by atoms with Crippen molar-refractivity contribution in [3.8, 4) is 0 Å². The Balaban J connectivity index is 1.81. The summed E-state index contributed by atoms with van der Waals surface area (Å²) in [6.45, 7) is 0.733. The van der Waals surface area contributed by atoms with Gasteiger partial charge in [-0.3, -0.25) is 4.79 Å². The standard InChI is InChI=1S/C16H20ClNO3/c17-12-2-4-13(5-3-12)18(11-15(19)20)14-6-9-21-16(10-14)7-1-8-16/h2-5,14H,1,6-11H2,(H,19,20). The number of carboxylic acid groups (broad SMARTS) is 1. The fraction of sp³-hybridized carbons (Fsp3) is 0.562. The van der Waals surface area contributed by atoms with Gasteiger partial charge in [0.1, 0.15) is 6.54 Å².